The minimum absolute atomic E-state index is 0. The number of pyridine rings is 1. The average Bonchev–Trinajstić information content (AvgIpc) is 3.02. The summed E-state index contributed by atoms with van der Waals surface area (Å²) in [4.78, 5) is 15.7. The Labute approximate surface area is 122 Å². The molecule has 0 aliphatic heterocycles. The van der Waals surface area contributed by atoms with Crippen LogP contribution in [0.4, 0.5) is 0 Å². The van der Waals surface area contributed by atoms with Crippen LogP contribution in [-0.4, -0.2) is 14.7 Å². The van der Waals surface area contributed by atoms with Crippen LogP contribution in [0.1, 0.15) is 31.5 Å². The summed E-state index contributed by atoms with van der Waals surface area (Å²) >= 11 is 0. The Balaban J connectivity index is 0.00000147. The molecule has 0 saturated heterocycles. The third-order valence-electron chi connectivity index (χ3n) is 3.70. The quantitative estimate of drug-likeness (QED) is 0.909. The molecule has 1 aliphatic rings. The number of aryl methyl sites for hydroxylation is 1. The van der Waals surface area contributed by atoms with Crippen molar-refractivity contribution in [3.05, 3.63) is 34.5 Å². The molecule has 2 heterocycles. The van der Waals surface area contributed by atoms with E-state index in [9.17, 15) is 4.79 Å². The second kappa shape index (κ2) is 5.38. The zero-order chi connectivity index (χ0) is 13.5. The Bertz CT molecular complexity index is 658. The predicted octanol–water partition coefficient (Wildman–Crippen LogP) is 1.59. The molecule has 0 atom stereocenters. The van der Waals surface area contributed by atoms with Crippen LogP contribution in [0.15, 0.2) is 27.6 Å². The van der Waals surface area contributed by atoms with Crippen molar-refractivity contribution in [2.75, 3.05) is 0 Å². The molecule has 2 aromatic heterocycles. The average molecular weight is 297 g/mol. The maximum absolute atomic E-state index is 11.3. The van der Waals surface area contributed by atoms with Gasteiger partial charge in [-0.2, -0.15) is 4.98 Å². The van der Waals surface area contributed by atoms with Crippen molar-refractivity contribution in [3.8, 4) is 11.5 Å². The molecule has 0 unspecified atom stereocenters. The first-order valence-corrected chi connectivity index (χ1v) is 6.39. The molecule has 0 radical (unpaired) electrons. The number of nitrogens with zero attached hydrogens (tertiary/aromatic N) is 3. The highest BCUT2D eigenvalue weighted by Gasteiger charge is 2.36. The van der Waals surface area contributed by atoms with E-state index in [0.29, 0.717) is 11.7 Å². The monoisotopic (exact) mass is 296 g/mol. The van der Waals surface area contributed by atoms with Crippen molar-refractivity contribution in [1.82, 2.24) is 14.7 Å². The van der Waals surface area contributed by atoms with Gasteiger partial charge in [-0.25, -0.2) is 0 Å². The van der Waals surface area contributed by atoms with Crippen LogP contribution in [0.2, 0.25) is 0 Å². The Hall–Kier alpha value is -1.66. The first kappa shape index (κ1) is 14.7. The second-order valence-corrected chi connectivity index (χ2v) is 5.15. The first-order chi connectivity index (χ1) is 9.08. The summed E-state index contributed by atoms with van der Waals surface area (Å²) in [6.45, 7) is 0. The third kappa shape index (κ3) is 2.48. The molecule has 20 heavy (non-hydrogen) atoms. The molecule has 108 valence electrons. The largest absolute Gasteiger partial charge is 0.334 e. The van der Waals surface area contributed by atoms with Crippen LogP contribution in [0.3, 0.4) is 0 Å². The van der Waals surface area contributed by atoms with Gasteiger partial charge in [0.1, 0.15) is 0 Å². The molecule has 1 aliphatic carbocycles. The molecule has 1 saturated carbocycles. The van der Waals surface area contributed by atoms with Gasteiger partial charge in [-0.15, -0.1) is 12.4 Å². The van der Waals surface area contributed by atoms with E-state index in [1.54, 1.807) is 19.3 Å². The molecular weight excluding hydrogens is 280 g/mol. The molecule has 6 nitrogen and oxygen atoms in total. The van der Waals surface area contributed by atoms with Crippen LogP contribution < -0.4 is 11.3 Å². The smallest absolute Gasteiger partial charge is 0.259 e. The van der Waals surface area contributed by atoms with Crippen molar-refractivity contribution in [2.24, 2.45) is 12.8 Å². The van der Waals surface area contributed by atoms with E-state index < -0.39 is 5.54 Å². The Morgan fingerprint density at radius 2 is 2.05 bits per heavy atom. The fourth-order valence-electron chi connectivity index (χ4n) is 2.49. The summed E-state index contributed by atoms with van der Waals surface area (Å²) in [6.07, 6.45) is 5.65. The standard InChI is InChI=1S/C13H16N4O2.ClH/c1-17-8-9(4-5-10(17)18)11-15-12(16-19-11)13(14)6-2-3-7-13;/h4-5,8H,2-3,6-7,14H2,1H3;1H. The number of hydrogen-bond acceptors (Lipinski definition) is 5. The van der Waals surface area contributed by atoms with Crippen LogP contribution >= 0.6 is 12.4 Å². The fraction of sp³-hybridized carbons (Fsp3) is 0.462. The summed E-state index contributed by atoms with van der Waals surface area (Å²) in [5.41, 5.74) is 6.48. The van der Waals surface area contributed by atoms with Crippen LogP contribution in [-0.2, 0) is 12.6 Å². The molecule has 3 rings (SSSR count). The number of nitrogens with two attached hydrogens (primary N) is 1. The van der Waals surface area contributed by atoms with Gasteiger partial charge in [-0.1, -0.05) is 18.0 Å². The van der Waals surface area contributed by atoms with E-state index in [4.69, 9.17) is 10.3 Å². The lowest BCUT2D eigenvalue weighted by atomic mass is 9.99. The van der Waals surface area contributed by atoms with Crippen molar-refractivity contribution in [1.29, 1.82) is 0 Å². The highest BCUT2D eigenvalue weighted by Crippen LogP contribution is 2.35. The molecule has 1 fully saturated rings. The molecule has 0 amide bonds. The summed E-state index contributed by atoms with van der Waals surface area (Å²) in [5, 5.41) is 4.00. The maximum Gasteiger partial charge on any atom is 0.259 e. The normalized spacial score (nSPS) is 16.9. The summed E-state index contributed by atoms with van der Waals surface area (Å²) in [6, 6.07) is 3.16. The van der Waals surface area contributed by atoms with E-state index in [-0.39, 0.29) is 18.0 Å². The Morgan fingerprint density at radius 1 is 1.35 bits per heavy atom. The van der Waals surface area contributed by atoms with E-state index in [1.807, 2.05) is 0 Å². The molecule has 2 N–H and O–H groups in total. The van der Waals surface area contributed by atoms with Gasteiger partial charge in [0, 0.05) is 19.3 Å². The fourth-order valence-corrected chi connectivity index (χ4v) is 2.49. The van der Waals surface area contributed by atoms with Gasteiger partial charge < -0.3 is 14.8 Å². The summed E-state index contributed by atoms with van der Waals surface area (Å²) in [7, 11) is 1.69. The highest BCUT2D eigenvalue weighted by molar-refractivity contribution is 5.85. The van der Waals surface area contributed by atoms with Crippen molar-refractivity contribution >= 4 is 12.4 Å². The van der Waals surface area contributed by atoms with E-state index in [2.05, 4.69) is 10.1 Å². The number of aromatic nitrogens is 3. The van der Waals surface area contributed by atoms with Crippen molar-refractivity contribution in [3.63, 3.8) is 0 Å². The van der Waals surface area contributed by atoms with Crippen molar-refractivity contribution < 1.29 is 4.52 Å². The van der Waals surface area contributed by atoms with Crippen molar-refractivity contribution in [2.45, 2.75) is 31.2 Å². The number of halogens is 1. The number of rotatable bonds is 2. The van der Waals surface area contributed by atoms with Crippen LogP contribution in [0.25, 0.3) is 11.5 Å². The Kier molecular flexibility index (Phi) is 3.96. The highest BCUT2D eigenvalue weighted by atomic mass is 35.5. The predicted molar refractivity (Wildman–Crippen MR) is 76.6 cm³/mol. The zero-order valence-corrected chi connectivity index (χ0v) is 12.0. The lowest BCUT2D eigenvalue weighted by Gasteiger charge is -2.17. The lowest BCUT2D eigenvalue weighted by Crippen LogP contribution is -2.34. The maximum atomic E-state index is 11.3. The van der Waals surface area contributed by atoms with Gasteiger partial charge in [-0.3, -0.25) is 4.79 Å². The SMILES string of the molecule is Cl.Cn1cc(-c2nc(C3(N)CCCC3)no2)ccc1=O. The zero-order valence-electron chi connectivity index (χ0n) is 11.2. The van der Waals surface area contributed by atoms with Gasteiger partial charge in [-0.05, 0) is 18.9 Å². The van der Waals surface area contributed by atoms with E-state index in [0.717, 1.165) is 31.2 Å². The van der Waals surface area contributed by atoms with Gasteiger partial charge >= 0.3 is 0 Å². The number of hydrogen-bond donors (Lipinski definition) is 1. The summed E-state index contributed by atoms with van der Waals surface area (Å²) < 4.78 is 6.75. The Morgan fingerprint density at radius 3 is 2.70 bits per heavy atom. The van der Waals surface area contributed by atoms with E-state index >= 15 is 0 Å². The molecule has 7 heteroatoms. The second-order valence-electron chi connectivity index (χ2n) is 5.15. The summed E-state index contributed by atoms with van der Waals surface area (Å²) in [5.74, 6) is 0.969. The topological polar surface area (TPSA) is 86.9 Å². The third-order valence-corrected chi connectivity index (χ3v) is 3.70. The van der Waals surface area contributed by atoms with Gasteiger partial charge in [0.15, 0.2) is 5.82 Å². The molecule has 0 aromatic carbocycles. The van der Waals surface area contributed by atoms with Gasteiger partial charge in [0.2, 0.25) is 5.56 Å². The van der Waals surface area contributed by atoms with E-state index in [1.165, 1.54) is 10.6 Å². The first-order valence-electron chi connectivity index (χ1n) is 6.39. The molecule has 2 aromatic rings. The molecule has 0 bridgehead atoms. The molecular formula is C13H17ClN4O2. The molecule has 0 spiro atoms. The minimum atomic E-state index is -0.456. The van der Waals surface area contributed by atoms with Gasteiger partial charge in [0.25, 0.3) is 5.89 Å². The minimum Gasteiger partial charge on any atom is -0.334 e. The lowest BCUT2D eigenvalue weighted by molar-refractivity contribution is 0.372. The van der Waals surface area contributed by atoms with Crippen LogP contribution in [0, 0.1) is 0 Å². The van der Waals surface area contributed by atoms with Gasteiger partial charge in [0.05, 0.1) is 11.1 Å². The van der Waals surface area contributed by atoms with Crippen LogP contribution in [0.5, 0.6) is 0 Å².